The molecule has 0 aliphatic carbocycles. The zero-order chi connectivity index (χ0) is 23.5. The fraction of sp³-hybridized carbons (Fsp3) is 0.231. The molecule has 3 aromatic carbocycles. The number of hydrogen-bond donors (Lipinski definition) is 2. The number of rotatable bonds is 6. The van der Waals surface area contributed by atoms with Gasteiger partial charge in [0.15, 0.2) is 11.5 Å². The Hall–Kier alpha value is -3.80. The Morgan fingerprint density at radius 1 is 0.875 bits per heavy atom. The van der Waals surface area contributed by atoms with Gasteiger partial charge in [0, 0.05) is 5.56 Å². The van der Waals surface area contributed by atoms with Gasteiger partial charge in [-0.05, 0) is 52.4 Å². The molecule has 0 aliphatic heterocycles. The fourth-order valence-corrected chi connectivity index (χ4v) is 3.71. The van der Waals surface area contributed by atoms with Crippen molar-refractivity contribution >= 4 is 17.6 Å². The van der Waals surface area contributed by atoms with E-state index in [1.54, 1.807) is 50.6 Å². The van der Waals surface area contributed by atoms with E-state index in [-0.39, 0.29) is 17.2 Å². The maximum atomic E-state index is 13.0. The number of anilines is 1. The third-order valence-corrected chi connectivity index (χ3v) is 5.15. The molecule has 0 saturated heterocycles. The van der Waals surface area contributed by atoms with Crippen LogP contribution < -0.4 is 14.8 Å². The van der Waals surface area contributed by atoms with Crippen LogP contribution in [-0.2, 0) is 5.41 Å². The molecule has 0 spiro atoms. The molecule has 0 aromatic heterocycles. The number of benzene rings is 3. The second-order valence-corrected chi connectivity index (χ2v) is 8.36. The molecule has 0 heterocycles. The minimum atomic E-state index is -1.11. The van der Waals surface area contributed by atoms with Crippen LogP contribution in [0.5, 0.6) is 11.5 Å². The van der Waals surface area contributed by atoms with Gasteiger partial charge in [0.2, 0.25) is 0 Å². The van der Waals surface area contributed by atoms with Gasteiger partial charge in [-0.15, -0.1) is 0 Å². The van der Waals surface area contributed by atoms with Gasteiger partial charge in [0.05, 0.1) is 25.5 Å². The monoisotopic (exact) mass is 433 g/mol. The molecule has 3 rings (SSSR count). The molecule has 32 heavy (non-hydrogen) atoms. The van der Waals surface area contributed by atoms with E-state index in [0.29, 0.717) is 22.6 Å². The molecule has 2 N–H and O–H groups in total. The Morgan fingerprint density at radius 3 is 2.09 bits per heavy atom. The average Bonchev–Trinajstić information content (AvgIpc) is 2.77. The zero-order valence-electron chi connectivity index (χ0n) is 18.9. The highest BCUT2D eigenvalue weighted by molar-refractivity contribution is 6.09. The number of amides is 1. The van der Waals surface area contributed by atoms with Crippen LogP contribution in [0.1, 0.15) is 47.1 Å². The summed E-state index contributed by atoms with van der Waals surface area (Å²) in [5, 5.41) is 12.7. The summed E-state index contributed by atoms with van der Waals surface area (Å²) in [6.45, 7) is 5.95. The van der Waals surface area contributed by atoms with Crippen molar-refractivity contribution in [3.63, 3.8) is 0 Å². The maximum absolute atomic E-state index is 13.0. The molecule has 0 radical (unpaired) electrons. The molecule has 0 atom stereocenters. The van der Waals surface area contributed by atoms with E-state index in [2.05, 4.69) is 5.32 Å². The van der Waals surface area contributed by atoms with Crippen LogP contribution in [0.2, 0.25) is 0 Å². The molecule has 0 saturated carbocycles. The van der Waals surface area contributed by atoms with E-state index in [4.69, 9.17) is 9.47 Å². The van der Waals surface area contributed by atoms with Crippen molar-refractivity contribution in [2.75, 3.05) is 19.5 Å². The summed E-state index contributed by atoms with van der Waals surface area (Å²) in [6.07, 6.45) is 0. The van der Waals surface area contributed by atoms with Crippen molar-refractivity contribution < 1.29 is 24.2 Å². The number of hydrogen-bond acceptors (Lipinski definition) is 4. The molecule has 0 bridgehead atoms. The van der Waals surface area contributed by atoms with E-state index >= 15 is 0 Å². The van der Waals surface area contributed by atoms with Crippen molar-refractivity contribution in [2.45, 2.75) is 26.2 Å². The van der Waals surface area contributed by atoms with Crippen LogP contribution in [0.4, 0.5) is 5.69 Å². The maximum Gasteiger partial charge on any atom is 0.337 e. The number of aromatic carboxylic acids is 1. The third-order valence-electron chi connectivity index (χ3n) is 5.15. The molecule has 0 aliphatic rings. The second kappa shape index (κ2) is 9.14. The topological polar surface area (TPSA) is 84.9 Å². The molecule has 3 aromatic rings. The molecular weight excluding hydrogens is 406 g/mol. The van der Waals surface area contributed by atoms with Crippen LogP contribution >= 0.6 is 0 Å². The Kier molecular flexibility index (Phi) is 6.53. The Labute approximate surface area is 187 Å². The number of nitrogens with one attached hydrogen (secondary N) is 1. The first-order valence-corrected chi connectivity index (χ1v) is 10.2. The summed E-state index contributed by atoms with van der Waals surface area (Å²) < 4.78 is 10.8. The Balaban J connectivity index is 2.25. The molecule has 0 unspecified atom stereocenters. The van der Waals surface area contributed by atoms with Crippen molar-refractivity contribution in [1.82, 2.24) is 0 Å². The van der Waals surface area contributed by atoms with Gasteiger partial charge in [-0.1, -0.05) is 51.1 Å². The first-order valence-electron chi connectivity index (χ1n) is 10.2. The van der Waals surface area contributed by atoms with Gasteiger partial charge in [0.1, 0.15) is 0 Å². The molecule has 166 valence electrons. The first-order chi connectivity index (χ1) is 15.2. The Morgan fingerprint density at radius 2 is 1.53 bits per heavy atom. The lowest BCUT2D eigenvalue weighted by atomic mass is 9.79. The summed E-state index contributed by atoms with van der Waals surface area (Å²) in [6, 6.07) is 17.5. The van der Waals surface area contributed by atoms with Gasteiger partial charge < -0.3 is 19.9 Å². The highest BCUT2D eigenvalue weighted by Crippen LogP contribution is 2.42. The van der Waals surface area contributed by atoms with Crippen LogP contribution in [0.15, 0.2) is 60.7 Å². The van der Waals surface area contributed by atoms with Crippen LogP contribution in [0, 0.1) is 0 Å². The summed E-state index contributed by atoms with van der Waals surface area (Å²) in [5.74, 6) is -0.337. The molecule has 0 fully saturated rings. The Bertz CT molecular complexity index is 1150. The molecule has 1 amide bonds. The predicted octanol–water partition coefficient (Wildman–Crippen LogP) is 5.62. The number of methoxy groups -OCH3 is 2. The molecular formula is C26H27NO5. The van der Waals surface area contributed by atoms with E-state index in [1.807, 2.05) is 39.0 Å². The van der Waals surface area contributed by atoms with Gasteiger partial charge >= 0.3 is 5.97 Å². The number of ether oxygens (including phenoxy) is 2. The van der Waals surface area contributed by atoms with Crippen molar-refractivity contribution in [3.05, 3.63) is 77.4 Å². The summed E-state index contributed by atoms with van der Waals surface area (Å²) in [4.78, 5) is 25.0. The van der Waals surface area contributed by atoms with Gasteiger partial charge in [-0.2, -0.15) is 0 Å². The second-order valence-electron chi connectivity index (χ2n) is 8.36. The standard InChI is InChI=1S/C26H27NO5/c1-26(2,3)22-18(17-11-14-20(31-4)21(15-17)32-5)12-13-19(25(29)30)23(22)27-24(28)16-9-7-6-8-10-16/h6-15H,1-5H3,(H,27,28)(H,29,30). The van der Waals surface area contributed by atoms with E-state index < -0.39 is 11.4 Å². The summed E-state index contributed by atoms with van der Waals surface area (Å²) >= 11 is 0. The quantitative estimate of drug-likeness (QED) is 0.527. The van der Waals surface area contributed by atoms with Gasteiger partial charge in [-0.25, -0.2) is 4.79 Å². The lowest BCUT2D eigenvalue weighted by molar-refractivity contribution is 0.0698. The molecule has 6 nitrogen and oxygen atoms in total. The van der Waals surface area contributed by atoms with Crippen LogP contribution in [0.3, 0.4) is 0 Å². The zero-order valence-corrected chi connectivity index (χ0v) is 18.9. The van der Waals surface area contributed by atoms with Gasteiger partial charge in [-0.3, -0.25) is 4.79 Å². The van der Waals surface area contributed by atoms with Crippen molar-refractivity contribution in [2.24, 2.45) is 0 Å². The summed E-state index contributed by atoms with van der Waals surface area (Å²) in [5.41, 5.74) is 2.61. The van der Waals surface area contributed by atoms with Crippen molar-refractivity contribution in [1.29, 1.82) is 0 Å². The normalized spacial score (nSPS) is 11.0. The third kappa shape index (κ3) is 4.59. The average molecular weight is 434 g/mol. The first kappa shape index (κ1) is 22.9. The number of carbonyl (C=O) groups is 2. The van der Waals surface area contributed by atoms with Crippen LogP contribution in [-0.4, -0.2) is 31.2 Å². The lowest BCUT2D eigenvalue weighted by Crippen LogP contribution is -2.22. The number of carboxylic acids is 1. The minimum absolute atomic E-state index is 0.0310. The molecule has 6 heteroatoms. The number of carbonyl (C=O) groups excluding carboxylic acids is 1. The fourth-order valence-electron chi connectivity index (χ4n) is 3.71. The minimum Gasteiger partial charge on any atom is -0.493 e. The van der Waals surface area contributed by atoms with Crippen LogP contribution in [0.25, 0.3) is 11.1 Å². The predicted molar refractivity (Wildman–Crippen MR) is 125 cm³/mol. The summed E-state index contributed by atoms with van der Waals surface area (Å²) in [7, 11) is 3.13. The highest BCUT2D eigenvalue weighted by Gasteiger charge is 2.28. The highest BCUT2D eigenvalue weighted by atomic mass is 16.5. The lowest BCUT2D eigenvalue weighted by Gasteiger charge is -2.28. The van der Waals surface area contributed by atoms with E-state index in [1.165, 1.54) is 6.07 Å². The smallest absolute Gasteiger partial charge is 0.337 e. The van der Waals surface area contributed by atoms with Gasteiger partial charge in [0.25, 0.3) is 5.91 Å². The number of carboxylic acid groups (broad SMARTS) is 1. The van der Waals surface area contributed by atoms with E-state index in [9.17, 15) is 14.7 Å². The largest absolute Gasteiger partial charge is 0.493 e. The van der Waals surface area contributed by atoms with Crippen molar-refractivity contribution in [3.8, 4) is 22.6 Å². The van der Waals surface area contributed by atoms with E-state index in [0.717, 1.165) is 11.1 Å². The SMILES string of the molecule is COc1ccc(-c2ccc(C(=O)O)c(NC(=O)c3ccccc3)c2C(C)(C)C)cc1OC.